The van der Waals surface area contributed by atoms with E-state index < -0.39 is 5.82 Å². The molecular formula is C26H29FN4O4S. The Morgan fingerprint density at radius 1 is 1.00 bits per heavy atom. The maximum atomic E-state index is 13.7. The van der Waals surface area contributed by atoms with E-state index in [1.54, 1.807) is 35.7 Å². The number of hydrogen-bond acceptors (Lipinski definition) is 6. The minimum absolute atomic E-state index is 0.0654. The number of benzene rings is 2. The van der Waals surface area contributed by atoms with Crippen molar-refractivity contribution >= 4 is 29.0 Å². The number of rotatable bonds is 9. The quantitative estimate of drug-likeness (QED) is 0.369. The highest BCUT2D eigenvalue weighted by molar-refractivity contribution is 7.09. The van der Waals surface area contributed by atoms with E-state index in [2.05, 4.69) is 20.9 Å². The van der Waals surface area contributed by atoms with E-state index in [-0.39, 0.29) is 42.1 Å². The minimum Gasteiger partial charge on any atom is -0.492 e. The van der Waals surface area contributed by atoms with Gasteiger partial charge in [0.1, 0.15) is 23.1 Å². The molecule has 1 saturated carbocycles. The van der Waals surface area contributed by atoms with Crippen LogP contribution in [0.1, 0.15) is 48.1 Å². The van der Waals surface area contributed by atoms with Gasteiger partial charge in [0.05, 0.1) is 18.3 Å². The normalized spacial score (nSPS) is 17.2. The molecule has 10 heteroatoms. The first-order valence-corrected chi connectivity index (χ1v) is 12.8. The standard InChI is InChI=1S/C26H29FN4O4S/c1-2-34-23-14-8-6-12-20(23)31-26(33)30-19-11-5-4-10-18(19)29-25(32)21-16-36-24(28-21)15-35-22-13-7-3-9-17(22)27/h3,6-9,12-14,16,18-19H,2,4-5,10-11,15H2,1H3,(H,29,32)(H2,30,31,33). The topological polar surface area (TPSA) is 102 Å². The van der Waals surface area contributed by atoms with Crippen molar-refractivity contribution in [2.75, 3.05) is 11.9 Å². The number of amides is 3. The van der Waals surface area contributed by atoms with Crippen LogP contribution in [0, 0.1) is 5.82 Å². The second-order valence-corrected chi connectivity index (χ2v) is 9.29. The SMILES string of the molecule is CCOc1ccccc1NC(=O)NC1CCCCC1NC(=O)c1csc(COc2ccccc2F)n1. The highest BCUT2D eigenvalue weighted by atomic mass is 32.1. The number of thiazole rings is 1. The van der Waals surface area contributed by atoms with Gasteiger partial charge in [-0.15, -0.1) is 11.3 Å². The molecule has 2 aromatic carbocycles. The zero-order chi connectivity index (χ0) is 25.3. The predicted molar refractivity (Wildman–Crippen MR) is 136 cm³/mol. The van der Waals surface area contributed by atoms with Gasteiger partial charge in [-0.1, -0.05) is 37.1 Å². The third-order valence-electron chi connectivity index (χ3n) is 5.81. The summed E-state index contributed by atoms with van der Waals surface area (Å²) in [6.45, 7) is 2.44. The van der Waals surface area contributed by atoms with E-state index in [1.165, 1.54) is 17.4 Å². The van der Waals surface area contributed by atoms with E-state index in [0.29, 0.717) is 23.1 Å². The number of urea groups is 1. The summed E-state index contributed by atoms with van der Waals surface area (Å²) in [6, 6.07) is 12.6. The Balaban J connectivity index is 1.32. The summed E-state index contributed by atoms with van der Waals surface area (Å²) in [5.74, 6) is -0.0311. The van der Waals surface area contributed by atoms with Gasteiger partial charge in [0.2, 0.25) is 0 Å². The van der Waals surface area contributed by atoms with Crippen molar-refractivity contribution in [1.29, 1.82) is 0 Å². The highest BCUT2D eigenvalue weighted by Gasteiger charge is 2.29. The van der Waals surface area contributed by atoms with E-state index in [0.717, 1.165) is 25.7 Å². The van der Waals surface area contributed by atoms with Crippen molar-refractivity contribution in [1.82, 2.24) is 15.6 Å². The first-order chi connectivity index (χ1) is 17.5. The molecule has 1 heterocycles. The number of para-hydroxylation sites is 3. The maximum absolute atomic E-state index is 13.7. The lowest BCUT2D eigenvalue weighted by molar-refractivity contribution is 0.0911. The summed E-state index contributed by atoms with van der Waals surface area (Å²) >= 11 is 1.27. The average molecular weight is 513 g/mol. The molecule has 3 amide bonds. The average Bonchev–Trinajstić information content (AvgIpc) is 3.35. The van der Waals surface area contributed by atoms with Gasteiger partial charge in [-0.3, -0.25) is 4.79 Å². The zero-order valence-corrected chi connectivity index (χ0v) is 20.8. The Morgan fingerprint density at radius 2 is 1.69 bits per heavy atom. The van der Waals surface area contributed by atoms with Crippen LogP contribution in [0.5, 0.6) is 11.5 Å². The molecule has 2 atom stereocenters. The molecule has 1 aliphatic rings. The van der Waals surface area contributed by atoms with Gasteiger partial charge in [-0.25, -0.2) is 14.2 Å². The zero-order valence-electron chi connectivity index (χ0n) is 20.0. The molecule has 0 bridgehead atoms. The molecule has 0 aliphatic heterocycles. The van der Waals surface area contributed by atoms with Crippen LogP contribution in [0.15, 0.2) is 53.9 Å². The second-order valence-electron chi connectivity index (χ2n) is 8.34. The summed E-state index contributed by atoms with van der Waals surface area (Å²) in [7, 11) is 0. The molecule has 36 heavy (non-hydrogen) atoms. The van der Waals surface area contributed by atoms with Crippen LogP contribution in [0.3, 0.4) is 0 Å². The minimum atomic E-state index is -0.451. The van der Waals surface area contributed by atoms with Crippen LogP contribution < -0.4 is 25.4 Å². The Kier molecular flexibility index (Phi) is 8.72. The number of anilines is 1. The van der Waals surface area contributed by atoms with Crippen LogP contribution in [0.4, 0.5) is 14.9 Å². The molecule has 1 fully saturated rings. The number of nitrogens with one attached hydrogen (secondary N) is 3. The van der Waals surface area contributed by atoms with Gasteiger partial charge in [-0.05, 0) is 44.0 Å². The number of carbonyl (C=O) groups is 2. The third-order valence-corrected chi connectivity index (χ3v) is 6.63. The molecule has 8 nitrogen and oxygen atoms in total. The third kappa shape index (κ3) is 6.72. The molecule has 0 radical (unpaired) electrons. The van der Waals surface area contributed by atoms with Crippen LogP contribution in [0.25, 0.3) is 0 Å². The van der Waals surface area contributed by atoms with Gasteiger partial charge < -0.3 is 25.4 Å². The van der Waals surface area contributed by atoms with Crippen molar-refractivity contribution in [2.24, 2.45) is 0 Å². The Morgan fingerprint density at radius 3 is 2.44 bits per heavy atom. The van der Waals surface area contributed by atoms with E-state index in [4.69, 9.17) is 9.47 Å². The smallest absolute Gasteiger partial charge is 0.319 e. The highest BCUT2D eigenvalue weighted by Crippen LogP contribution is 2.25. The summed E-state index contributed by atoms with van der Waals surface area (Å²) in [4.78, 5) is 29.9. The number of hydrogen-bond donors (Lipinski definition) is 3. The summed E-state index contributed by atoms with van der Waals surface area (Å²) in [6.07, 6.45) is 3.42. The molecule has 4 rings (SSSR count). The molecule has 0 saturated heterocycles. The van der Waals surface area contributed by atoms with E-state index in [1.807, 2.05) is 19.1 Å². The van der Waals surface area contributed by atoms with Crippen molar-refractivity contribution < 1.29 is 23.5 Å². The van der Waals surface area contributed by atoms with Crippen LogP contribution in [-0.2, 0) is 6.61 Å². The lowest BCUT2D eigenvalue weighted by Gasteiger charge is -2.32. The van der Waals surface area contributed by atoms with E-state index >= 15 is 0 Å². The number of aromatic nitrogens is 1. The lowest BCUT2D eigenvalue weighted by atomic mass is 9.90. The molecule has 1 aromatic heterocycles. The fraction of sp³-hybridized carbons (Fsp3) is 0.346. The Labute approximate surface area is 213 Å². The van der Waals surface area contributed by atoms with Gasteiger partial charge >= 0.3 is 6.03 Å². The van der Waals surface area contributed by atoms with Gasteiger partial charge in [0, 0.05) is 11.4 Å². The molecular weight excluding hydrogens is 483 g/mol. The summed E-state index contributed by atoms with van der Waals surface area (Å²) in [5, 5.41) is 11.1. The first kappa shape index (κ1) is 25.4. The maximum Gasteiger partial charge on any atom is 0.319 e. The van der Waals surface area contributed by atoms with Crippen LogP contribution in [-0.4, -0.2) is 35.6 Å². The number of ether oxygens (including phenoxy) is 2. The lowest BCUT2D eigenvalue weighted by Crippen LogP contribution is -2.54. The fourth-order valence-corrected chi connectivity index (χ4v) is 4.76. The Hall–Kier alpha value is -3.66. The van der Waals surface area contributed by atoms with Gasteiger partial charge in [0.25, 0.3) is 5.91 Å². The molecule has 0 spiro atoms. The van der Waals surface area contributed by atoms with Crippen LogP contribution >= 0.6 is 11.3 Å². The Bertz CT molecular complexity index is 1190. The summed E-state index contributed by atoms with van der Waals surface area (Å²) < 4.78 is 24.8. The summed E-state index contributed by atoms with van der Waals surface area (Å²) in [5.41, 5.74) is 0.854. The molecule has 2 unspecified atom stereocenters. The van der Waals surface area contributed by atoms with Gasteiger partial charge in [0.15, 0.2) is 11.6 Å². The van der Waals surface area contributed by atoms with E-state index in [9.17, 15) is 14.0 Å². The number of carbonyl (C=O) groups excluding carboxylic acids is 2. The number of nitrogens with zero attached hydrogens (tertiary/aromatic N) is 1. The van der Waals surface area contributed by atoms with Crippen molar-refractivity contribution in [3.05, 3.63) is 70.4 Å². The van der Waals surface area contributed by atoms with Crippen molar-refractivity contribution in [2.45, 2.75) is 51.3 Å². The molecule has 3 aromatic rings. The predicted octanol–water partition coefficient (Wildman–Crippen LogP) is 5.12. The molecule has 190 valence electrons. The first-order valence-electron chi connectivity index (χ1n) is 12.0. The number of halogens is 1. The van der Waals surface area contributed by atoms with Crippen molar-refractivity contribution in [3.63, 3.8) is 0 Å². The van der Waals surface area contributed by atoms with Crippen molar-refractivity contribution in [3.8, 4) is 11.5 Å². The van der Waals surface area contributed by atoms with Gasteiger partial charge in [-0.2, -0.15) is 0 Å². The second kappa shape index (κ2) is 12.3. The van der Waals surface area contributed by atoms with Crippen LogP contribution in [0.2, 0.25) is 0 Å². The largest absolute Gasteiger partial charge is 0.492 e. The molecule has 1 aliphatic carbocycles. The fourth-order valence-electron chi connectivity index (χ4n) is 4.08. The molecule has 3 N–H and O–H groups in total. The monoisotopic (exact) mass is 512 g/mol.